The van der Waals surface area contributed by atoms with Crippen molar-refractivity contribution in [2.45, 2.75) is 58.8 Å². The third kappa shape index (κ3) is 11.4. The fraction of sp³-hybridized carbons (Fsp3) is 0.529. The third-order valence-corrected chi connectivity index (χ3v) is 2.89. The standard InChI is InChI=1S/C10H20O.C7H6O/c1-3-5-6-7-8-9-10(11)4-2;8-6-7-4-2-1-3-5-7/h3-9H2,1-2H3;1-6H. The van der Waals surface area contributed by atoms with Crippen molar-refractivity contribution in [3.8, 4) is 0 Å². The average molecular weight is 262 g/mol. The van der Waals surface area contributed by atoms with Gasteiger partial charge in [-0.2, -0.15) is 0 Å². The predicted octanol–water partition coefficient (Wildman–Crippen LogP) is 4.83. The highest BCUT2D eigenvalue weighted by atomic mass is 16.1. The summed E-state index contributed by atoms with van der Waals surface area (Å²) in [7, 11) is 0. The van der Waals surface area contributed by atoms with E-state index >= 15 is 0 Å². The lowest BCUT2D eigenvalue weighted by Gasteiger charge is -1.97. The van der Waals surface area contributed by atoms with Gasteiger partial charge in [-0.3, -0.25) is 9.59 Å². The molecule has 0 aromatic heterocycles. The third-order valence-electron chi connectivity index (χ3n) is 2.89. The first kappa shape index (κ1) is 17.6. The number of aldehydes is 1. The van der Waals surface area contributed by atoms with Gasteiger partial charge in [0.05, 0.1) is 0 Å². The van der Waals surface area contributed by atoms with Crippen molar-refractivity contribution in [2.75, 3.05) is 0 Å². The van der Waals surface area contributed by atoms with Crippen molar-refractivity contribution in [2.24, 2.45) is 0 Å². The van der Waals surface area contributed by atoms with Gasteiger partial charge in [-0.05, 0) is 6.42 Å². The second-order valence-electron chi connectivity index (χ2n) is 4.58. The zero-order valence-electron chi connectivity index (χ0n) is 12.2. The molecule has 106 valence electrons. The molecule has 0 N–H and O–H groups in total. The van der Waals surface area contributed by atoms with Crippen molar-refractivity contribution in [1.29, 1.82) is 0 Å². The smallest absolute Gasteiger partial charge is 0.150 e. The van der Waals surface area contributed by atoms with Crippen molar-refractivity contribution >= 4 is 12.1 Å². The van der Waals surface area contributed by atoms with E-state index in [9.17, 15) is 9.59 Å². The Hall–Kier alpha value is -1.44. The second-order valence-corrected chi connectivity index (χ2v) is 4.58. The summed E-state index contributed by atoms with van der Waals surface area (Å²) in [6.07, 6.45) is 8.59. The van der Waals surface area contributed by atoms with Crippen LogP contribution in [0.5, 0.6) is 0 Å². The number of carbonyl (C=O) groups excluding carboxylic acids is 2. The summed E-state index contributed by atoms with van der Waals surface area (Å²) in [5, 5.41) is 0. The highest BCUT2D eigenvalue weighted by Crippen LogP contribution is 2.05. The minimum atomic E-state index is 0.418. The first-order chi connectivity index (χ1) is 9.24. The lowest BCUT2D eigenvalue weighted by Crippen LogP contribution is -1.93. The number of benzene rings is 1. The van der Waals surface area contributed by atoms with Crippen molar-refractivity contribution < 1.29 is 9.59 Å². The molecule has 0 unspecified atom stereocenters. The number of carbonyl (C=O) groups is 2. The Morgan fingerprint density at radius 2 is 1.63 bits per heavy atom. The van der Waals surface area contributed by atoms with Crippen LogP contribution in [-0.4, -0.2) is 12.1 Å². The molecule has 19 heavy (non-hydrogen) atoms. The quantitative estimate of drug-likeness (QED) is 0.497. The summed E-state index contributed by atoms with van der Waals surface area (Å²) in [5.41, 5.74) is 0.729. The molecule has 0 spiro atoms. The van der Waals surface area contributed by atoms with Crippen LogP contribution in [0.3, 0.4) is 0 Å². The van der Waals surface area contributed by atoms with Crippen LogP contribution in [0.25, 0.3) is 0 Å². The van der Waals surface area contributed by atoms with Crippen LogP contribution < -0.4 is 0 Å². The van der Waals surface area contributed by atoms with E-state index in [0.717, 1.165) is 24.7 Å². The molecule has 0 saturated heterocycles. The topological polar surface area (TPSA) is 34.1 Å². The van der Waals surface area contributed by atoms with E-state index in [0.29, 0.717) is 12.2 Å². The molecule has 0 heterocycles. The summed E-state index contributed by atoms with van der Waals surface area (Å²) in [4.78, 5) is 20.9. The van der Waals surface area contributed by atoms with Gasteiger partial charge in [-0.1, -0.05) is 69.9 Å². The number of unbranched alkanes of at least 4 members (excludes halogenated alkanes) is 4. The molecular weight excluding hydrogens is 236 g/mol. The van der Waals surface area contributed by atoms with Gasteiger partial charge in [0.25, 0.3) is 0 Å². The highest BCUT2D eigenvalue weighted by molar-refractivity contribution is 5.77. The van der Waals surface area contributed by atoms with E-state index in [1.165, 1.54) is 25.7 Å². The number of hydrogen-bond acceptors (Lipinski definition) is 2. The Kier molecular flexibility index (Phi) is 12.0. The highest BCUT2D eigenvalue weighted by Gasteiger charge is 1.96. The first-order valence-corrected chi connectivity index (χ1v) is 7.26. The largest absolute Gasteiger partial charge is 0.300 e. The van der Waals surface area contributed by atoms with Crippen molar-refractivity contribution in [1.82, 2.24) is 0 Å². The van der Waals surface area contributed by atoms with E-state index < -0.39 is 0 Å². The van der Waals surface area contributed by atoms with Crippen molar-refractivity contribution in [3.63, 3.8) is 0 Å². The molecule has 1 aromatic carbocycles. The molecule has 1 rings (SSSR count). The Morgan fingerprint density at radius 1 is 1.00 bits per heavy atom. The summed E-state index contributed by atoms with van der Waals surface area (Å²) in [6.45, 7) is 4.14. The van der Waals surface area contributed by atoms with E-state index in [1.54, 1.807) is 12.1 Å². The molecule has 0 aliphatic carbocycles. The fourth-order valence-corrected chi connectivity index (χ4v) is 1.63. The van der Waals surface area contributed by atoms with Crippen LogP contribution in [-0.2, 0) is 4.79 Å². The molecule has 0 aliphatic heterocycles. The fourth-order valence-electron chi connectivity index (χ4n) is 1.63. The first-order valence-electron chi connectivity index (χ1n) is 7.26. The van der Waals surface area contributed by atoms with E-state index in [-0.39, 0.29) is 0 Å². The van der Waals surface area contributed by atoms with Gasteiger partial charge in [0.1, 0.15) is 12.1 Å². The maximum absolute atomic E-state index is 10.8. The lowest BCUT2D eigenvalue weighted by molar-refractivity contribution is -0.118. The van der Waals surface area contributed by atoms with Crippen LogP contribution >= 0.6 is 0 Å². The zero-order valence-corrected chi connectivity index (χ0v) is 12.2. The molecule has 1 aromatic rings. The molecular formula is C17H26O2. The SMILES string of the molecule is CCCCCCCC(=O)CC.O=Cc1ccccc1. The minimum absolute atomic E-state index is 0.418. The van der Waals surface area contributed by atoms with E-state index in [2.05, 4.69) is 6.92 Å². The average Bonchev–Trinajstić information content (AvgIpc) is 2.48. The molecule has 0 aliphatic rings. The maximum Gasteiger partial charge on any atom is 0.150 e. The Labute approximate surface area is 117 Å². The Balaban J connectivity index is 0.000000356. The van der Waals surface area contributed by atoms with Crippen LogP contribution in [0.4, 0.5) is 0 Å². The van der Waals surface area contributed by atoms with Gasteiger partial charge >= 0.3 is 0 Å². The molecule has 0 atom stereocenters. The number of rotatable bonds is 8. The minimum Gasteiger partial charge on any atom is -0.300 e. The molecule has 0 amide bonds. The van der Waals surface area contributed by atoms with Crippen LogP contribution in [0, 0.1) is 0 Å². The lowest BCUT2D eigenvalue weighted by atomic mass is 10.1. The predicted molar refractivity (Wildman–Crippen MR) is 80.5 cm³/mol. The zero-order chi connectivity index (χ0) is 14.3. The molecule has 2 heteroatoms. The van der Waals surface area contributed by atoms with E-state index in [1.807, 2.05) is 25.1 Å². The molecule has 2 nitrogen and oxygen atoms in total. The van der Waals surface area contributed by atoms with Gasteiger partial charge in [-0.25, -0.2) is 0 Å². The molecule has 0 radical (unpaired) electrons. The monoisotopic (exact) mass is 262 g/mol. The Bertz CT molecular complexity index is 330. The van der Waals surface area contributed by atoms with Gasteiger partial charge in [0.15, 0.2) is 0 Å². The molecule has 0 fully saturated rings. The van der Waals surface area contributed by atoms with Crippen LogP contribution in [0.15, 0.2) is 30.3 Å². The summed E-state index contributed by atoms with van der Waals surface area (Å²) < 4.78 is 0. The number of hydrogen-bond donors (Lipinski definition) is 0. The number of Topliss-reactive ketones (excluding diaryl/α,β-unsaturated/α-hetero) is 1. The summed E-state index contributed by atoms with van der Waals surface area (Å²) >= 11 is 0. The van der Waals surface area contributed by atoms with Gasteiger partial charge in [0.2, 0.25) is 0 Å². The van der Waals surface area contributed by atoms with E-state index in [4.69, 9.17) is 0 Å². The molecule has 0 bridgehead atoms. The summed E-state index contributed by atoms with van der Waals surface area (Å²) in [5.74, 6) is 0.418. The van der Waals surface area contributed by atoms with Gasteiger partial charge < -0.3 is 0 Å². The normalized spacial score (nSPS) is 9.37. The van der Waals surface area contributed by atoms with Crippen molar-refractivity contribution in [3.05, 3.63) is 35.9 Å². The van der Waals surface area contributed by atoms with Crippen LogP contribution in [0.2, 0.25) is 0 Å². The molecule has 0 saturated carbocycles. The number of ketones is 1. The van der Waals surface area contributed by atoms with Gasteiger partial charge in [-0.15, -0.1) is 0 Å². The second kappa shape index (κ2) is 13.0. The van der Waals surface area contributed by atoms with Crippen LogP contribution in [0.1, 0.15) is 69.2 Å². The maximum atomic E-state index is 10.8. The van der Waals surface area contributed by atoms with Gasteiger partial charge in [0, 0.05) is 18.4 Å². The summed E-state index contributed by atoms with van der Waals surface area (Å²) in [6, 6.07) is 9.10. The Morgan fingerprint density at radius 3 is 2.11 bits per heavy atom.